The van der Waals surface area contributed by atoms with Gasteiger partial charge in [-0.1, -0.05) is 51.3 Å². The van der Waals surface area contributed by atoms with Crippen molar-refractivity contribution in [3.63, 3.8) is 0 Å². The monoisotopic (exact) mass is 296 g/mol. The van der Waals surface area contributed by atoms with Gasteiger partial charge in [0.05, 0.1) is 0 Å². The van der Waals surface area contributed by atoms with Crippen LogP contribution >= 0.6 is 11.3 Å². The van der Waals surface area contributed by atoms with E-state index in [4.69, 9.17) is 4.74 Å². The van der Waals surface area contributed by atoms with Gasteiger partial charge in [0.1, 0.15) is 8.80 Å². The smallest absolute Gasteiger partial charge is 0.113 e. The Balaban J connectivity index is 1.76. The Labute approximate surface area is 124 Å². The molecule has 0 bridgehead atoms. The van der Waals surface area contributed by atoms with Crippen LogP contribution in [0.15, 0.2) is 17.5 Å². The van der Waals surface area contributed by atoms with Crippen molar-refractivity contribution in [1.82, 2.24) is 0 Å². The highest BCUT2D eigenvalue weighted by molar-refractivity contribution is 7.22. The van der Waals surface area contributed by atoms with Crippen molar-refractivity contribution in [1.29, 1.82) is 0 Å². The van der Waals surface area contributed by atoms with E-state index in [1.54, 1.807) is 4.50 Å². The van der Waals surface area contributed by atoms with Crippen LogP contribution in [0, 0.1) is 11.8 Å². The molecule has 0 saturated heterocycles. The fraction of sp³-hybridized carbons (Fsp3) is 0.750. The lowest BCUT2D eigenvalue weighted by Crippen LogP contribution is -2.35. The molecule has 1 nitrogen and oxygen atoms in total. The van der Waals surface area contributed by atoms with Crippen molar-refractivity contribution < 1.29 is 4.74 Å². The molecular weight excluding hydrogens is 268 g/mol. The van der Waals surface area contributed by atoms with E-state index in [9.17, 15) is 0 Å². The highest BCUT2D eigenvalue weighted by Crippen LogP contribution is 2.23. The van der Waals surface area contributed by atoms with Crippen LogP contribution in [0.5, 0.6) is 0 Å². The van der Waals surface area contributed by atoms with Gasteiger partial charge in [-0.2, -0.15) is 11.3 Å². The Kier molecular flexibility index (Phi) is 6.61. The highest BCUT2D eigenvalue weighted by Gasteiger charge is 2.19. The minimum absolute atomic E-state index is 0.803. The summed E-state index contributed by atoms with van der Waals surface area (Å²) in [5.74, 6) is 1.66. The van der Waals surface area contributed by atoms with Crippen molar-refractivity contribution in [3.8, 4) is 0 Å². The maximum atomic E-state index is 6.13. The molecule has 1 aliphatic rings. The lowest BCUT2D eigenvalue weighted by molar-refractivity contribution is 0.115. The summed E-state index contributed by atoms with van der Waals surface area (Å²) in [4.78, 5) is 0. The van der Waals surface area contributed by atoms with Crippen LogP contribution in [0.4, 0.5) is 0 Å². The molecule has 1 heterocycles. The molecule has 1 unspecified atom stereocenters. The summed E-state index contributed by atoms with van der Waals surface area (Å²) in [6.07, 6.45) is 8.13. The summed E-state index contributed by atoms with van der Waals surface area (Å²) < 4.78 is 7.76. The van der Waals surface area contributed by atoms with Gasteiger partial charge in [0, 0.05) is 12.8 Å². The Bertz CT molecular complexity index is 331. The van der Waals surface area contributed by atoms with Gasteiger partial charge in [0.25, 0.3) is 0 Å². The summed E-state index contributed by atoms with van der Waals surface area (Å²) in [6, 6.07) is 5.90. The number of thiophene rings is 1. The van der Waals surface area contributed by atoms with E-state index in [0.717, 1.165) is 24.7 Å². The Morgan fingerprint density at radius 3 is 2.74 bits per heavy atom. The predicted molar refractivity (Wildman–Crippen MR) is 88.1 cm³/mol. The Morgan fingerprint density at radius 2 is 2.11 bits per heavy atom. The second-order valence-electron chi connectivity index (χ2n) is 6.38. The van der Waals surface area contributed by atoms with Crippen LogP contribution < -0.4 is 4.50 Å². The lowest BCUT2D eigenvalue weighted by atomic mass is 9.90. The quantitative estimate of drug-likeness (QED) is 0.692. The fourth-order valence-electron chi connectivity index (χ4n) is 3.09. The van der Waals surface area contributed by atoms with Gasteiger partial charge < -0.3 is 4.74 Å². The standard InChI is InChI=1S/C16H28OSSi/c1-14(2)12-19(16-9-6-10-18-16)13-17-11-15-7-4-3-5-8-15/h6,9-10,14-15,19H,3-5,7-8,11-13H2,1-2H3. The first-order chi connectivity index (χ1) is 9.25. The van der Waals surface area contributed by atoms with E-state index in [2.05, 4.69) is 31.4 Å². The minimum Gasteiger partial charge on any atom is -0.384 e. The summed E-state index contributed by atoms with van der Waals surface area (Å²) in [5.41, 5.74) is 0. The van der Waals surface area contributed by atoms with E-state index in [0.29, 0.717) is 0 Å². The molecule has 0 spiro atoms. The number of hydrogen-bond acceptors (Lipinski definition) is 2. The summed E-state index contributed by atoms with van der Waals surface area (Å²) >= 11 is 1.94. The molecule has 2 rings (SSSR count). The van der Waals surface area contributed by atoms with E-state index >= 15 is 0 Å². The second kappa shape index (κ2) is 8.23. The fourth-order valence-corrected chi connectivity index (χ4v) is 7.53. The van der Waals surface area contributed by atoms with Gasteiger partial charge in [-0.15, -0.1) is 0 Å². The summed E-state index contributed by atoms with van der Waals surface area (Å²) in [7, 11) is -0.877. The third-order valence-corrected chi connectivity index (χ3v) is 9.36. The van der Waals surface area contributed by atoms with Crippen LogP contribution in [0.1, 0.15) is 46.0 Å². The van der Waals surface area contributed by atoms with Crippen LogP contribution in [-0.4, -0.2) is 21.6 Å². The zero-order valence-corrected chi connectivity index (χ0v) is 14.4. The van der Waals surface area contributed by atoms with E-state index < -0.39 is 8.80 Å². The molecule has 0 amide bonds. The third kappa shape index (κ3) is 5.40. The van der Waals surface area contributed by atoms with E-state index in [1.807, 2.05) is 11.3 Å². The predicted octanol–water partition coefficient (Wildman–Crippen LogP) is 3.97. The van der Waals surface area contributed by atoms with Crippen LogP contribution in [-0.2, 0) is 4.74 Å². The molecule has 0 radical (unpaired) electrons. The maximum Gasteiger partial charge on any atom is 0.113 e. The lowest BCUT2D eigenvalue weighted by Gasteiger charge is -2.23. The molecule has 108 valence electrons. The van der Waals surface area contributed by atoms with Gasteiger partial charge >= 0.3 is 0 Å². The Morgan fingerprint density at radius 1 is 1.32 bits per heavy atom. The van der Waals surface area contributed by atoms with Gasteiger partial charge in [-0.3, -0.25) is 0 Å². The van der Waals surface area contributed by atoms with Crippen molar-refractivity contribution in [2.24, 2.45) is 11.8 Å². The first-order valence-corrected chi connectivity index (χ1v) is 11.0. The summed E-state index contributed by atoms with van der Waals surface area (Å²) in [6.45, 7) is 5.70. The first-order valence-electron chi connectivity index (χ1n) is 7.87. The minimum atomic E-state index is -0.877. The van der Waals surface area contributed by atoms with Crippen LogP contribution in [0.2, 0.25) is 6.04 Å². The highest BCUT2D eigenvalue weighted by atomic mass is 32.1. The number of rotatable bonds is 7. The first kappa shape index (κ1) is 15.3. The van der Waals surface area contributed by atoms with Crippen molar-refractivity contribution in [2.75, 3.05) is 12.8 Å². The molecule has 19 heavy (non-hydrogen) atoms. The van der Waals surface area contributed by atoms with E-state index in [1.165, 1.54) is 38.1 Å². The van der Waals surface area contributed by atoms with Crippen LogP contribution in [0.25, 0.3) is 0 Å². The Hall–Kier alpha value is -0.123. The topological polar surface area (TPSA) is 9.23 Å². The second-order valence-corrected chi connectivity index (χ2v) is 10.6. The molecular formula is C16H28OSSi. The van der Waals surface area contributed by atoms with Crippen LogP contribution in [0.3, 0.4) is 0 Å². The van der Waals surface area contributed by atoms with Gasteiger partial charge in [-0.25, -0.2) is 0 Å². The number of hydrogen-bond donors (Lipinski definition) is 0. The van der Waals surface area contributed by atoms with Gasteiger partial charge in [0.15, 0.2) is 0 Å². The molecule has 1 saturated carbocycles. The average molecular weight is 297 g/mol. The molecule has 0 aliphatic heterocycles. The van der Waals surface area contributed by atoms with Crippen molar-refractivity contribution >= 4 is 24.6 Å². The van der Waals surface area contributed by atoms with Crippen molar-refractivity contribution in [3.05, 3.63) is 17.5 Å². The van der Waals surface area contributed by atoms with Crippen molar-refractivity contribution in [2.45, 2.75) is 52.0 Å². The molecule has 1 atom stereocenters. The molecule has 0 aromatic carbocycles. The average Bonchev–Trinajstić information content (AvgIpc) is 2.92. The third-order valence-electron chi connectivity index (χ3n) is 4.10. The molecule has 1 fully saturated rings. The zero-order valence-electron chi connectivity index (χ0n) is 12.4. The molecule has 1 aromatic rings. The number of ether oxygens (including phenoxy) is 1. The molecule has 1 aromatic heterocycles. The summed E-state index contributed by atoms with van der Waals surface area (Å²) in [5, 5.41) is 2.22. The zero-order chi connectivity index (χ0) is 13.5. The maximum absolute atomic E-state index is 6.13. The largest absolute Gasteiger partial charge is 0.384 e. The molecule has 1 aliphatic carbocycles. The molecule has 3 heteroatoms. The van der Waals surface area contributed by atoms with Gasteiger partial charge in [-0.05, 0) is 34.6 Å². The van der Waals surface area contributed by atoms with Gasteiger partial charge in [0.2, 0.25) is 0 Å². The normalized spacial score (nSPS) is 18.9. The molecule has 0 N–H and O–H groups in total. The SMILES string of the molecule is CC(C)C[SiH](COCC1CCCCC1)c1cccs1. The van der Waals surface area contributed by atoms with E-state index in [-0.39, 0.29) is 0 Å².